The second-order valence-corrected chi connectivity index (χ2v) is 6.64. The maximum atomic E-state index is 12.1. The molecule has 0 fully saturated rings. The van der Waals surface area contributed by atoms with Gasteiger partial charge in [0.05, 0.1) is 18.8 Å². The molecule has 0 bridgehead atoms. The standard InChI is InChI=1S/C23H25N3O4/c1-3-29-19-10-8-18(9-11-19)20-12-13-23(28)26(25-20)15-14-24-22(27)16-30-21-7-5-4-6-17(21)2/h4-13H,3,14-16H2,1-2H3,(H,24,27). The van der Waals surface area contributed by atoms with Crippen molar-refractivity contribution in [3.63, 3.8) is 0 Å². The SMILES string of the molecule is CCOc1ccc(-c2ccc(=O)n(CCNC(=O)COc3ccccc3C)n2)cc1. The van der Waals surface area contributed by atoms with Crippen molar-refractivity contribution >= 4 is 5.91 Å². The van der Waals surface area contributed by atoms with E-state index in [2.05, 4.69) is 10.4 Å². The average molecular weight is 407 g/mol. The number of carbonyl (C=O) groups is 1. The lowest BCUT2D eigenvalue weighted by Gasteiger charge is -2.10. The smallest absolute Gasteiger partial charge is 0.266 e. The number of amides is 1. The molecule has 0 atom stereocenters. The normalized spacial score (nSPS) is 10.5. The minimum Gasteiger partial charge on any atom is -0.494 e. The van der Waals surface area contributed by atoms with Gasteiger partial charge in [0, 0.05) is 18.2 Å². The summed E-state index contributed by atoms with van der Waals surface area (Å²) in [5.41, 5.74) is 2.29. The van der Waals surface area contributed by atoms with Gasteiger partial charge in [-0.1, -0.05) is 18.2 Å². The van der Waals surface area contributed by atoms with Crippen LogP contribution in [0.3, 0.4) is 0 Å². The zero-order valence-corrected chi connectivity index (χ0v) is 17.1. The number of benzene rings is 2. The number of hydrogen-bond donors (Lipinski definition) is 1. The molecule has 0 radical (unpaired) electrons. The van der Waals surface area contributed by atoms with Crippen LogP contribution in [0.2, 0.25) is 0 Å². The highest BCUT2D eigenvalue weighted by atomic mass is 16.5. The molecule has 1 amide bonds. The van der Waals surface area contributed by atoms with Gasteiger partial charge < -0.3 is 14.8 Å². The van der Waals surface area contributed by atoms with Crippen molar-refractivity contribution in [2.45, 2.75) is 20.4 Å². The fraction of sp³-hybridized carbons (Fsp3) is 0.261. The van der Waals surface area contributed by atoms with Crippen LogP contribution in [0.5, 0.6) is 11.5 Å². The summed E-state index contributed by atoms with van der Waals surface area (Å²) in [7, 11) is 0. The largest absolute Gasteiger partial charge is 0.494 e. The summed E-state index contributed by atoms with van der Waals surface area (Å²) in [4.78, 5) is 24.1. The Morgan fingerprint density at radius 2 is 1.80 bits per heavy atom. The molecule has 0 unspecified atom stereocenters. The quantitative estimate of drug-likeness (QED) is 0.590. The van der Waals surface area contributed by atoms with E-state index in [0.29, 0.717) is 18.1 Å². The van der Waals surface area contributed by atoms with Gasteiger partial charge in [-0.25, -0.2) is 4.68 Å². The molecule has 7 heteroatoms. The first kappa shape index (κ1) is 21.1. The van der Waals surface area contributed by atoms with Crippen molar-refractivity contribution in [3.05, 3.63) is 76.6 Å². The highest BCUT2D eigenvalue weighted by Gasteiger charge is 2.07. The predicted octanol–water partition coefficient (Wildman–Crippen LogP) is 2.81. The van der Waals surface area contributed by atoms with E-state index in [0.717, 1.165) is 16.9 Å². The lowest BCUT2D eigenvalue weighted by atomic mass is 10.1. The Hall–Kier alpha value is -3.61. The first-order valence-corrected chi connectivity index (χ1v) is 9.83. The molecule has 3 aromatic rings. The van der Waals surface area contributed by atoms with E-state index in [1.54, 1.807) is 6.07 Å². The molecule has 30 heavy (non-hydrogen) atoms. The van der Waals surface area contributed by atoms with Crippen molar-refractivity contribution in [1.29, 1.82) is 0 Å². The van der Waals surface area contributed by atoms with E-state index in [9.17, 15) is 9.59 Å². The molecule has 0 spiro atoms. The van der Waals surface area contributed by atoms with E-state index in [-0.39, 0.29) is 31.2 Å². The molecule has 7 nitrogen and oxygen atoms in total. The number of hydrogen-bond acceptors (Lipinski definition) is 5. The van der Waals surface area contributed by atoms with Crippen molar-refractivity contribution in [2.75, 3.05) is 19.8 Å². The third-order valence-corrected chi connectivity index (χ3v) is 4.43. The van der Waals surface area contributed by atoms with Gasteiger partial charge in [0.2, 0.25) is 0 Å². The lowest BCUT2D eigenvalue weighted by Crippen LogP contribution is -2.34. The minimum absolute atomic E-state index is 0.0839. The Balaban J connectivity index is 1.55. The van der Waals surface area contributed by atoms with E-state index in [1.807, 2.05) is 62.4 Å². The number of aromatic nitrogens is 2. The number of rotatable bonds is 9. The molecule has 156 valence electrons. The van der Waals surface area contributed by atoms with Crippen LogP contribution in [0.25, 0.3) is 11.3 Å². The predicted molar refractivity (Wildman–Crippen MR) is 115 cm³/mol. The Bertz CT molecular complexity index is 1040. The number of ether oxygens (including phenoxy) is 2. The zero-order chi connectivity index (χ0) is 21.3. The van der Waals surface area contributed by atoms with Crippen LogP contribution >= 0.6 is 0 Å². The van der Waals surface area contributed by atoms with Gasteiger partial charge >= 0.3 is 0 Å². The van der Waals surface area contributed by atoms with Crippen molar-refractivity contribution in [1.82, 2.24) is 15.1 Å². The Labute approximate surface area is 175 Å². The van der Waals surface area contributed by atoms with Gasteiger partial charge in [-0.2, -0.15) is 5.10 Å². The number of nitrogens with one attached hydrogen (secondary N) is 1. The molecule has 3 rings (SSSR count). The van der Waals surface area contributed by atoms with E-state index >= 15 is 0 Å². The summed E-state index contributed by atoms with van der Waals surface area (Å²) in [5, 5.41) is 7.15. The molecule has 0 saturated carbocycles. The second kappa shape index (κ2) is 10.2. The third-order valence-electron chi connectivity index (χ3n) is 4.43. The maximum absolute atomic E-state index is 12.1. The Morgan fingerprint density at radius 1 is 1.03 bits per heavy atom. The summed E-state index contributed by atoms with van der Waals surface area (Å²) in [6.45, 7) is 4.90. The fourth-order valence-electron chi connectivity index (χ4n) is 2.87. The van der Waals surface area contributed by atoms with E-state index in [4.69, 9.17) is 9.47 Å². The van der Waals surface area contributed by atoms with Crippen LogP contribution in [-0.4, -0.2) is 35.4 Å². The summed E-state index contributed by atoms with van der Waals surface area (Å²) >= 11 is 0. The molecule has 0 aliphatic carbocycles. The summed E-state index contributed by atoms with van der Waals surface area (Å²) < 4.78 is 12.3. The van der Waals surface area contributed by atoms with Crippen LogP contribution in [0.4, 0.5) is 0 Å². The van der Waals surface area contributed by atoms with Crippen molar-refractivity contribution in [2.24, 2.45) is 0 Å². The topological polar surface area (TPSA) is 82.5 Å². The maximum Gasteiger partial charge on any atom is 0.266 e. The Kier molecular flexibility index (Phi) is 7.21. The van der Waals surface area contributed by atoms with Gasteiger partial charge in [-0.3, -0.25) is 9.59 Å². The highest BCUT2D eigenvalue weighted by Crippen LogP contribution is 2.20. The molecule has 0 aliphatic heterocycles. The van der Waals surface area contributed by atoms with Crippen LogP contribution < -0.4 is 20.3 Å². The van der Waals surface area contributed by atoms with E-state index < -0.39 is 0 Å². The molecule has 0 aliphatic rings. The Morgan fingerprint density at radius 3 is 2.53 bits per heavy atom. The molecule has 1 aromatic heterocycles. The fourth-order valence-corrected chi connectivity index (χ4v) is 2.87. The van der Waals surface area contributed by atoms with Gasteiger partial charge in [0.15, 0.2) is 6.61 Å². The monoisotopic (exact) mass is 407 g/mol. The molecule has 2 aromatic carbocycles. The van der Waals surface area contributed by atoms with Gasteiger partial charge in [0.25, 0.3) is 11.5 Å². The summed E-state index contributed by atoms with van der Waals surface area (Å²) in [6, 6.07) is 18.2. The first-order chi connectivity index (χ1) is 14.6. The van der Waals surface area contributed by atoms with Crippen LogP contribution in [-0.2, 0) is 11.3 Å². The second-order valence-electron chi connectivity index (χ2n) is 6.64. The number of aryl methyl sites for hydroxylation is 1. The molecular formula is C23H25N3O4. The van der Waals surface area contributed by atoms with Gasteiger partial charge in [0.1, 0.15) is 11.5 Å². The van der Waals surface area contributed by atoms with Crippen molar-refractivity contribution < 1.29 is 14.3 Å². The van der Waals surface area contributed by atoms with E-state index in [1.165, 1.54) is 10.7 Å². The molecular weight excluding hydrogens is 382 g/mol. The zero-order valence-electron chi connectivity index (χ0n) is 17.1. The van der Waals surface area contributed by atoms with Crippen LogP contribution in [0.15, 0.2) is 65.5 Å². The summed E-state index contributed by atoms with van der Waals surface area (Å²) in [6.07, 6.45) is 0. The first-order valence-electron chi connectivity index (χ1n) is 9.83. The highest BCUT2D eigenvalue weighted by molar-refractivity contribution is 5.77. The number of para-hydroxylation sites is 1. The van der Waals surface area contributed by atoms with Gasteiger partial charge in [-0.15, -0.1) is 0 Å². The number of nitrogens with zero attached hydrogens (tertiary/aromatic N) is 2. The van der Waals surface area contributed by atoms with Crippen molar-refractivity contribution in [3.8, 4) is 22.8 Å². The average Bonchev–Trinajstić information content (AvgIpc) is 2.75. The number of carbonyl (C=O) groups excluding carboxylic acids is 1. The lowest BCUT2D eigenvalue weighted by molar-refractivity contribution is -0.123. The molecule has 0 saturated heterocycles. The summed E-state index contributed by atoms with van der Waals surface area (Å²) in [5.74, 6) is 1.20. The minimum atomic E-state index is -0.256. The third kappa shape index (κ3) is 5.70. The molecule has 1 N–H and O–H groups in total. The molecule has 1 heterocycles. The van der Waals surface area contributed by atoms with Gasteiger partial charge in [-0.05, 0) is 55.8 Å². The van der Waals surface area contributed by atoms with Crippen LogP contribution in [0, 0.1) is 6.92 Å². The van der Waals surface area contributed by atoms with Crippen LogP contribution in [0.1, 0.15) is 12.5 Å².